The predicted octanol–water partition coefficient (Wildman–Crippen LogP) is 1.05. The van der Waals surface area contributed by atoms with Crippen LogP contribution in [0.4, 0.5) is 0 Å². The predicted molar refractivity (Wildman–Crippen MR) is 102 cm³/mol. The lowest BCUT2D eigenvalue weighted by atomic mass is 9.96. The Bertz CT molecular complexity index is 1010. The van der Waals surface area contributed by atoms with E-state index in [1.165, 1.54) is 0 Å². The molecule has 0 aliphatic carbocycles. The Balaban J connectivity index is 1.78. The maximum Gasteiger partial charge on any atom is 0.297 e. The van der Waals surface area contributed by atoms with Gasteiger partial charge in [0.2, 0.25) is 0 Å². The molecule has 3 aromatic rings. The van der Waals surface area contributed by atoms with Gasteiger partial charge in [0.05, 0.1) is 22.5 Å². The lowest BCUT2D eigenvalue weighted by Crippen LogP contribution is -2.15. The molecule has 134 valence electrons. The molecule has 2 radical (unpaired) electrons. The summed E-state index contributed by atoms with van der Waals surface area (Å²) >= 11 is 0. The largest absolute Gasteiger partial charge is 0.330 e. The third-order valence-corrected chi connectivity index (χ3v) is 5.41. The normalized spacial score (nSPS) is 11.9. The van der Waals surface area contributed by atoms with Crippen molar-refractivity contribution in [3.63, 3.8) is 0 Å². The highest BCUT2D eigenvalue weighted by Gasteiger charge is 2.16. The van der Waals surface area contributed by atoms with Gasteiger partial charge in [-0.1, -0.05) is 29.2 Å². The van der Waals surface area contributed by atoms with E-state index in [0.717, 1.165) is 22.4 Å². The lowest BCUT2D eigenvalue weighted by Gasteiger charge is -2.10. The molecular weight excluding hydrogens is 349 g/mol. The van der Waals surface area contributed by atoms with Crippen LogP contribution in [-0.4, -0.2) is 39.0 Å². The first-order valence-electron chi connectivity index (χ1n) is 8.31. The van der Waals surface area contributed by atoms with Crippen LogP contribution in [0, 0.1) is 6.92 Å². The fourth-order valence-electron chi connectivity index (χ4n) is 2.78. The SMILES string of the molecule is [B]c1ccc2c(c1)nc(CCN)n2CCOS(=O)(=O)c1ccc(C)cc1. The number of fused-ring (bicyclic) bond motifs is 1. The molecule has 6 nitrogen and oxygen atoms in total. The zero-order valence-electron chi connectivity index (χ0n) is 14.6. The number of hydrogen-bond acceptors (Lipinski definition) is 5. The van der Waals surface area contributed by atoms with Crippen molar-refractivity contribution in [3.05, 3.63) is 53.9 Å². The fraction of sp³-hybridized carbons (Fsp3) is 0.278. The van der Waals surface area contributed by atoms with E-state index in [1.54, 1.807) is 36.4 Å². The molecule has 0 saturated heterocycles. The molecule has 2 aromatic carbocycles. The van der Waals surface area contributed by atoms with Crippen LogP contribution in [0.3, 0.4) is 0 Å². The van der Waals surface area contributed by atoms with E-state index in [9.17, 15) is 8.42 Å². The lowest BCUT2D eigenvalue weighted by molar-refractivity contribution is 0.300. The molecule has 0 fully saturated rings. The number of rotatable bonds is 7. The summed E-state index contributed by atoms with van der Waals surface area (Å²) in [6.45, 7) is 2.69. The summed E-state index contributed by atoms with van der Waals surface area (Å²) in [5.41, 5.74) is 8.91. The van der Waals surface area contributed by atoms with E-state index in [-0.39, 0.29) is 11.5 Å². The van der Waals surface area contributed by atoms with Crippen LogP contribution >= 0.6 is 0 Å². The first kappa shape index (κ1) is 18.6. The summed E-state index contributed by atoms with van der Waals surface area (Å²) in [4.78, 5) is 4.69. The quantitative estimate of drug-likeness (QED) is 0.497. The average molecular weight is 369 g/mol. The van der Waals surface area contributed by atoms with Crippen LogP contribution < -0.4 is 11.2 Å². The van der Waals surface area contributed by atoms with E-state index in [0.29, 0.717) is 25.0 Å². The smallest absolute Gasteiger partial charge is 0.297 e. The Kier molecular flexibility index (Phi) is 5.45. The molecule has 2 N–H and O–H groups in total. The number of nitrogens with two attached hydrogens (primary N) is 1. The number of nitrogens with zero attached hydrogens (tertiary/aromatic N) is 2. The topological polar surface area (TPSA) is 87.2 Å². The van der Waals surface area contributed by atoms with Crippen LogP contribution in [0.15, 0.2) is 47.4 Å². The van der Waals surface area contributed by atoms with Gasteiger partial charge in [-0.15, -0.1) is 0 Å². The highest BCUT2D eigenvalue weighted by molar-refractivity contribution is 7.86. The average Bonchev–Trinajstić information content (AvgIpc) is 2.92. The van der Waals surface area contributed by atoms with Gasteiger partial charge in [-0.05, 0) is 37.7 Å². The van der Waals surface area contributed by atoms with Gasteiger partial charge in [0.25, 0.3) is 10.1 Å². The van der Waals surface area contributed by atoms with E-state index >= 15 is 0 Å². The van der Waals surface area contributed by atoms with Crippen LogP contribution in [0.25, 0.3) is 11.0 Å². The molecular formula is C18H20BN3O3S. The minimum Gasteiger partial charge on any atom is -0.330 e. The maximum atomic E-state index is 12.3. The minimum atomic E-state index is -3.79. The van der Waals surface area contributed by atoms with Crippen LogP contribution in [-0.2, 0) is 27.3 Å². The molecule has 8 heteroatoms. The Morgan fingerprint density at radius 2 is 1.92 bits per heavy atom. The van der Waals surface area contributed by atoms with Crippen LogP contribution in [0.5, 0.6) is 0 Å². The zero-order chi connectivity index (χ0) is 18.7. The third-order valence-electron chi connectivity index (χ3n) is 4.08. The van der Waals surface area contributed by atoms with Crippen molar-refractivity contribution >= 4 is 34.5 Å². The molecule has 3 rings (SSSR count). The molecule has 0 spiro atoms. The van der Waals surface area contributed by atoms with Gasteiger partial charge in [-0.2, -0.15) is 8.42 Å². The summed E-state index contributed by atoms with van der Waals surface area (Å²) in [6.07, 6.45) is 0.583. The third kappa shape index (κ3) is 3.98. The molecule has 0 aliphatic heterocycles. The van der Waals surface area contributed by atoms with Crippen molar-refractivity contribution in [2.45, 2.75) is 24.8 Å². The Hall–Kier alpha value is -2.16. The Morgan fingerprint density at radius 1 is 1.19 bits per heavy atom. The maximum absolute atomic E-state index is 12.3. The molecule has 0 atom stereocenters. The summed E-state index contributed by atoms with van der Waals surface area (Å²) in [6, 6.07) is 12.0. The Morgan fingerprint density at radius 3 is 2.62 bits per heavy atom. The number of aryl methyl sites for hydroxylation is 1. The second-order valence-corrected chi connectivity index (χ2v) is 7.67. The number of hydrogen-bond donors (Lipinski definition) is 1. The van der Waals surface area contributed by atoms with Crippen LogP contribution in [0.1, 0.15) is 11.4 Å². The number of benzene rings is 2. The molecule has 0 bridgehead atoms. The molecule has 1 aromatic heterocycles. The zero-order valence-corrected chi connectivity index (χ0v) is 15.4. The number of imidazole rings is 1. The molecule has 0 aliphatic rings. The minimum absolute atomic E-state index is 0.00359. The first-order valence-corrected chi connectivity index (χ1v) is 9.72. The van der Waals surface area contributed by atoms with E-state index in [2.05, 4.69) is 4.98 Å². The van der Waals surface area contributed by atoms with Crippen molar-refractivity contribution < 1.29 is 12.6 Å². The fourth-order valence-corrected chi connectivity index (χ4v) is 3.68. The van der Waals surface area contributed by atoms with E-state index < -0.39 is 10.1 Å². The van der Waals surface area contributed by atoms with Crippen molar-refractivity contribution in [1.82, 2.24) is 9.55 Å². The van der Waals surface area contributed by atoms with Gasteiger partial charge >= 0.3 is 0 Å². The van der Waals surface area contributed by atoms with Crippen LogP contribution in [0.2, 0.25) is 0 Å². The molecule has 0 unspecified atom stereocenters. The molecule has 0 saturated carbocycles. The number of aromatic nitrogens is 2. The molecule has 26 heavy (non-hydrogen) atoms. The van der Waals surface area contributed by atoms with Gasteiger partial charge in [0.1, 0.15) is 13.7 Å². The van der Waals surface area contributed by atoms with Crippen molar-refractivity contribution in [1.29, 1.82) is 0 Å². The van der Waals surface area contributed by atoms with Gasteiger partial charge in [0.15, 0.2) is 0 Å². The van der Waals surface area contributed by atoms with Crippen molar-refractivity contribution in [2.24, 2.45) is 5.73 Å². The van der Waals surface area contributed by atoms with Gasteiger partial charge in [-0.3, -0.25) is 4.18 Å². The second-order valence-electron chi connectivity index (χ2n) is 6.06. The van der Waals surface area contributed by atoms with Gasteiger partial charge in [-0.25, -0.2) is 4.98 Å². The van der Waals surface area contributed by atoms with E-state index in [4.69, 9.17) is 17.8 Å². The van der Waals surface area contributed by atoms with Gasteiger partial charge < -0.3 is 10.3 Å². The monoisotopic (exact) mass is 369 g/mol. The molecule has 0 amide bonds. The summed E-state index contributed by atoms with van der Waals surface area (Å²) in [7, 11) is 2.02. The van der Waals surface area contributed by atoms with Crippen molar-refractivity contribution in [3.8, 4) is 0 Å². The first-order chi connectivity index (χ1) is 12.4. The summed E-state index contributed by atoms with van der Waals surface area (Å²) < 4.78 is 31.7. The summed E-state index contributed by atoms with van der Waals surface area (Å²) in [5.74, 6) is 0.782. The van der Waals surface area contributed by atoms with E-state index in [1.807, 2.05) is 17.6 Å². The summed E-state index contributed by atoms with van der Waals surface area (Å²) in [5, 5.41) is 0. The van der Waals surface area contributed by atoms with Gasteiger partial charge in [0, 0.05) is 13.0 Å². The standard InChI is InChI=1S/C18H20BN3O3S/c1-13-2-5-15(6-3-13)26(23,24)25-11-10-22-17-7-4-14(19)12-16(17)21-18(22)8-9-20/h2-7,12H,8-11,20H2,1H3. The Labute approximate surface area is 154 Å². The second kappa shape index (κ2) is 7.61. The highest BCUT2D eigenvalue weighted by atomic mass is 32.2. The van der Waals surface area contributed by atoms with Crippen molar-refractivity contribution in [2.75, 3.05) is 13.2 Å². The highest BCUT2D eigenvalue weighted by Crippen LogP contribution is 2.17. The molecule has 1 heterocycles.